The number of amides is 1. The van der Waals surface area contributed by atoms with Gasteiger partial charge in [0.2, 0.25) is 0 Å². The standard InChI is InChI=1S/C15H17FN4O/c1-9-5-6-11(12(16)8-9)15(21)17-10(2)14-19-18-13-4-3-7-20(13)14/h5-6,8,10H,3-4,7H2,1-2H3,(H,17,21). The van der Waals surface area contributed by atoms with Crippen LogP contribution in [-0.4, -0.2) is 20.7 Å². The second-order valence-corrected chi connectivity index (χ2v) is 5.41. The third-order valence-electron chi connectivity index (χ3n) is 3.74. The van der Waals surface area contributed by atoms with Crippen LogP contribution in [0.2, 0.25) is 0 Å². The first-order valence-electron chi connectivity index (χ1n) is 7.05. The fourth-order valence-electron chi connectivity index (χ4n) is 2.64. The van der Waals surface area contributed by atoms with Gasteiger partial charge in [0.25, 0.3) is 5.91 Å². The van der Waals surface area contributed by atoms with Crippen molar-refractivity contribution in [2.24, 2.45) is 0 Å². The minimum atomic E-state index is -0.508. The molecule has 1 amide bonds. The Morgan fingerprint density at radius 1 is 1.43 bits per heavy atom. The molecule has 1 unspecified atom stereocenters. The van der Waals surface area contributed by atoms with Gasteiger partial charge < -0.3 is 9.88 Å². The van der Waals surface area contributed by atoms with Gasteiger partial charge in [0.05, 0.1) is 11.6 Å². The summed E-state index contributed by atoms with van der Waals surface area (Å²) >= 11 is 0. The summed E-state index contributed by atoms with van der Waals surface area (Å²) < 4.78 is 15.8. The van der Waals surface area contributed by atoms with E-state index in [1.165, 1.54) is 12.1 Å². The van der Waals surface area contributed by atoms with E-state index in [-0.39, 0.29) is 11.6 Å². The van der Waals surface area contributed by atoms with Crippen molar-refractivity contribution in [2.45, 2.75) is 39.3 Å². The van der Waals surface area contributed by atoms with E-state index in [4.69, 9.17) is 0 Å². The van der Waals surface area contributed by atoms with E-state index in [1.54, 1.807) is 13.0 Å². The van der Waals surface area contributed by atoms with E-state index in [1.807, 2.05) is 11.5 Å². The van der Waals surface area contributed by atoms with Gasteiger partial charge >= 0.3 is 0 Å². The van der Waals surface area contributed by atoms with Gasteiger partial charge in [0.15, 0.2) is 5.82 Å². The van der Waals surface area contributed by atoms with Crippen LogP contribution in [0.15, 0.2) is 18.2 Å². The number of nitrogens with one attached hydrogen (secondary N) is 1. The molecule has 1 N–H and O–H groups in total. The van der Waals surface area contributed by atoms with E-state index in [9.17, 15) is 9.18 Å². The molecule has 1 aromatic heterocycles. The van der Waals surface area contributed by atoms with E-state index in [0.29, 0.717) is 0 Å². The number of hydrogen-bond acceptors (Lipinski definition) is 3. The molecule has 1 aliphatic rings. The minimum absolute atomic E-state index is 0.0496. The summed E-state index contributed by atoms with van der Waals surface area (Å²) in [7, 11) is 0. The predicted octanol–water partition coefficient (Wildman–Crippen LogP) is 2.16. The van der Waals surface area contributed by atoms with Gasteiger partial charge in [-0.3, -0.25) is 4.79 Å². The number of hydrogen-bond donors (Lipinski definition) is 1. The lowest BCUT2D eigenvalue weighted by Crippen LogP contribution is -2.29. The molecule has 2 aromatic rings. The quantitative estimate of drug-likeness (QED) is 0.941. The van der Waals surface area contributed by atoms with Crippen molar-refractivity contribution in [3.8, 4) is 0 Å². The lowest BCUT2D eigenvalue weighted by atomic mass is 10.1. The van der Waals surface area contributed by atoms with E-state index < -0.39 is 11.7 Å². The lowest BCUT2D eigenvalue weighted by Gasteiger charge is -2.14. The van der Waals surface area contributed by atoms with Crippen LogP contribution >= 0.6 is 0 Å². The number of aromatic nitrogens is 3. The van der Waals surface area contributed by atoms with Crippen molar-refractivity contribution in [1.82, 2.24) is 20.1 Å². The molecule has 1 aliphatic heterocycles. The van der Waals surface area contributed by atoms with Gasteiger partial charge in [0.1, 0.15) is 11.6 Å². The summed E-state index contributed by atoms with van der Waals surface area (Å²) in [5.74, 6) is 0.734. The van der Waals surface area contributed by atoms with Gasteiger partial charge in [-0.2, -0.15) is 0 Å². The largest absolute Gasteiger partial charge is 0.342 e. The number of nitrogens with zero attached hydrogens (tertiary/aromatic N) is 3. The van der Waals surface area contributed by atoms with Crippen LogP contribution in [0.5, 0.6) is 0 Å². The third kappa shape index (κ3) is 2.53. The Morgan fingerprint density at radius 3 is 3.00 bits per heavy atom. The molecular formula is C15H17FN4O. The smallest absolute Gasteiger partial charge is 0.254 e. The maximum absolute atomic E-state index is 13.8. The van der Waals surface area contributed by atoms with Crippen molar-refractivity contribution in [3.05, 3.63) is 46.8 Å². The number of halogens is 1. The molecule has 1 atom stereocenters. The summed E-state index contributed by atoms with van der Waals surface area (Å²) in [6, 6.07) is 4.27. The molecule has 0 spiro atoms. The fourth-order valence-corrected chi connectivity index (χ4v) is 2.64. The lowest BCUT2D eigenvalue weighted by molar-refractivity contribution is 0.0933. The Labute approximate surface area is 122 Å². The Kier molecular flexibility index (Phi) is 3.45. The maximum atomic E-state index is 13.8. The molecule has 6 heteroatoms. The molecule has 0 bridgehead atoms. The van der Waals surface area contributed by atoms with Gasteiger partial charge in [-0.05, 0) is 38.0 Å². The molecule has 0 radical (unpaired) electrons. The summed E-state index contributed by atoms with van der Waals surface area (Å²) in [5, 5.41) is 11.0. The molecule has 5 nitrogen and oxygen atoms in total. The van der Waals surface area contributed by atoms with Crippen LogP contribution in [0, 0.1) is 12.7 Å². The van der Waals surface area contributed by atoms with Gasteiger partial charge in [-0.25, -0.2) is 4.39 Å². The highest BCUT2D eigenvalue weighted by Gasteiger charge is 2.23. The summed E-state index contributed by atoms with van der Waals surface area (Å²) in [6.45, 7) is 4.49. The molecule has 3 rings (SSSR count). The van der Waals surface area contributed by atoms with Crippen molar-refractivity contribution in [3.63, 3.8) is 0 Å². The highest BCUT2D eigenvalue weighted by Crippen LogP contribution is 2.19. The number of benzene rings is 1. The first-order chi connectivity index (χ1) is 10.1. The summed E-state index contributed by atoms with van der Waals surface area (Å²) in [5.41, 5.74) is 0.834. The molecule has 0 saturated heterocycles. The Bertz CT molecular complexity index is 695. The zero-order valence-corrected chi connectivity index (χ0v) is 12.1. The minimum Gasteiger partial charge on any atom is -0.342 e. The Morgan fingerprint density at radius 2 is 2.24 bits per heavy atom. The molecule has 110 valence electrons. The number of carbonyl (C=O) groups is 1. The average molecular weight is 288 g/mol. The van der Waals surface area contributed by atoms with Crippen molar-refractivity contribution >= 4 is 5.91 Å². The van der Waals surface area contributed by atoms with Gasteiger partial charge in [0, 0.05) is 13.0 Å². The molecule has 2 heterocycles. The maximum Gasteiger partial charge on any atom is 0.254 e. The highest BCUT2D eigenvalue weighted by atomic mass is 19.1. The van der Waals surface area contributed by atoms with Crippen LogP contribution in [0.3, 0.4) is 0 Å². The second kappa shape index (κ2) is 5.27. The van der Waals surface area contributed by atoms with Crippen LogP contribution in [-0.2, 0) is 13.0 Å². The molecule has 0 fully saturated rings. The number of aryl methyl sites for hydroxylation is 2. The normalized spacial score (nSPS) is 14.8. The van der Waals surface area contributed by atoms with Crippen LogP contribution < -0.4 is 5.32 Å². The van der Waals surface area contributed by atoms with Gasteiger partial charge in [-0.15, -0.1) is 10.2 Å². The molecule has 1 aromatic carbocycles. The fraction of sp³-hybridized carbons (Fsp3) is 0.400. The zero-order valence-electron chi connectivity index (χ0n) is 12.1. The van der Waals surface area contributed by atoms with Gasteiger partial charge in [-0.1, -0.05) is 6.07 Å². The molecule has 0 saturated carbocycles. The van der Waals surface area contributed by atoms with Crippen LogP contribution in [0.4, 0.5) is 4.39 Å². The first kappa shape index (κ1) is 13.7. The van der Waals surface area contributed by atoms with E-state index >= 15 is 0 Å². The number of carbonyl (C=O) groups excluding carboxylic acids is 1. The van der Waals surface area contributed by atoms with Crippen molar-refractivity contribution in [2.75, 3.05) is 0 Å². The summed E-state index contributed by atoms with van der Waals surface area (Å²) in [6.07, 6.45) is 1.96. The molecular weight excluding hydrogens is 271 g/mol. The molecule has 0 aliphatic carbocycles. The zero-order chi connectivity index (χ0) is 15.0. The van der Waals surface area contributed by atoms with Crippen LogP contribution in [0.1, 0.15) is 47.0 Å². The predicted molar refractivity (Wildman–Crippen MR) is 75.4 cm³/mol. The van der Waals surface area contributed by atoms with Crippen molar-refractivity contribution < 1.29 is 9.18 Å². The first-order valence-corrected chi connectivity index (χ1v) is 7.05. The highest BCUT2D eigenvalue weighted by molar-refractivity contribution is 5.94. The Hall–Kier alpha value is -2.24. The average Bonchev–Trinajstić information content (AvgIpc) is 3.00. The van der Waals surface area contributed by atoms with Crippen LogP contribution in [0.25, 0.3) is 0 Å². The monoisotopic (exact) mass is 288 g/mol. The van der Waals surface area contributed by atoms with Crippen molar-refractivity contribution in [1.29, 1.82) is 0 Å². The number of rotatable bonds is 3. The second-order valence-electron chi connectivity index (χ2n) is 5.41. The van der Waals surface area contributed by atoms with E-state index in [2.05, 4.69) is 15.5 Å². The SMILES string of the molecule is Cc1ccc(C(=O)NC(C)c2nnc3n2CCC3)c(F)c1. The number of fused-ring (bicyclic) bond motifs is 1. The summed E-state index contributed by atoms with van der Waals surface area (Å²) in [4.78, 5) is 12.2. The van der Waals surface area contributed by atoms with E-state index in [0.717, 1.165) is 36.6 Å². The molecule has 21 heavy (non-hydrogen) atoms. The Balaban J connectivity index is 1.77. The third-order valence-corrected chi connectivity index (χ3v) is 3.74. The topological polar surface area (TPSA) is 59.8 Å².